The number of carbonyl (C=O) groups is 1. The zero-order chi connectivity index (χ0) is 18.4. The van der Waals surface area contributed by atoms with E-state index in [4.69, 9.17) is 4.74 Å². The van der Waals surface area contributed by atoms with Crippen LogP contribution in [-0.2, 0) is 11.3 Å². The zero-order valence-corrected chi connectivity index (χ0v) is 15.1. The van der Waals surface area contributed by atoms with Gasteiger partial charge in [0.25, 0.3) is 5.91 Å². The number of halogens is 1. The Morgan fingerprint density at radius 1 is 1.08 bits per heavy atom. The van der Waals surface area contributed by atoms with Gasteiger partial charge in [0.05, 0.1) is 7.11 Å². The molecule has 3 N–H and O–H groups in total. The van der Waals surface area contributed by atoms with Crippen molar-refractivity contribution in [1.82, 2.24) is 0 Å². The first-order valence-corrected chi connectivity index (χ1v) is 8.98. The molecule has 0 unspecified atom stereocenters. The molecule has 0 spiro atoms. The van der Waals surface area contributed by atoms with Crippen molar-refractivity contribution in [2.24, 2.45) is 0 Å². The maximum absolute atomic E-state index is 13.0. The number of benzene rings is 2. The van der Waals surface area contributed by atoms with Crippen LogP contribution in [0.4, 0.5) is 10.1 Å². The standard InChI is InChI=1S/C20H24FN3O2/c1-26-19-4-2-3-18(13-19)22-20(25)15-24-11-9-23(10-12-24)14-16-5-7-17(21)8-6-16/h2-8,13H,9-12,14-15H2,1H3,(H,22,25)/p+2. The van der Waals surface area contributed by atoms with Gasteiger partial charge >= 0.3 is 0 Å². The van der Waals surface area contributed by atoms with Crippen LogP contribution in [0, 0.1) is 5.82 Å². The van der Waals surface area contributed by atoms with E-state index in [0.717, 1.165) is 49.7 Å². The van der Waals surface area contributed by atoms with Crippen molar-refractivity contribution in [1.29, 1.82) is 0 Å². The second-order valence-electron chi connectivity index (χ2n) is 6.76. The highest BCUT2D eigenvalue weighted by molar-refractivity contribution is 5.91. The van der Waals surface area contributed by atoms with Crippen LogP contribution in [0.25, 0.3) is 0 Å². The van der Waals surface area contributed by atoms with Crippen molar-refractivity contribution in [2.75, 3.05) is 45.2 Å². The Morgan fingerprint density at radius 3 is 2.46 bits per heavy atom. The number of piperazine rings is 1. The number of rotatable bonds is 6. The third-order valence-corrected chi connectivity index (χ3v) is 4.80. The number of methoxy groups -OCH3 is 1. The van der Waals surface area contributed by atoms with Gasteiger partial charge in [-0.15, -0.1) is 0 Å². The molecule has 26 heavy (non-hydrogen) atoms. The molecule has 1 heterocycles. The molecule has 1 saturated heterocycles. The van der Waals surface area contributed by atoms with Crippen LogP contribution in [0.15, 0.2) is 48.5 Å². The van der Waals surface area contributed by atoms with Crippen molar-refractivity contribution in [3.05, 3.63) is 59.9 Å². The Bertz CT molecular complexity index is 728. The molecule has 0 radical (unpaired) electrons. The lowest BCUT2D eigenvalue weighted by molar-refractivity contribution is -1.02. The number of ether oxygens (including phenoxy) is 1. The molecule has 1 fully saturated rings. The Kier molecular flexibility index (Phi) is 6.20. The number of amides is 1. The third kappa shape index (κ3) is 5.28. The van der Waals surface area contributed by atoms with E-state index in [1.165, 1.54) is 21.9 Å². The predicted molar refractivity (Wildman–Crippen MR) is 98.0 cm³/mol. The summed E-state index contributed by atoms with van der Waals surface area (Å²) in [5.41, 5.74) is 1.91. The number of hydrogen-bond donors (Lipinski definition) is 3. The highest BCUT2D eigenvalue weighted by atomic mass is 19.1. The Morgan fingerprint density at radius 2 is 1.77 bits per heavy atom. The molecule has 0 saturated carbocycles. The summed E-state index contributed by atoms with van der Waals surface area (Å²) in [6.07, 6.45) is 0. The normalized spacial score (nSPS) is 19.8. The minimum Gasteiger partial charge on any atom is -0.497 e. The molecule has 1 aliphatic heterocycles. The maximum Gasteiger partial charge on any atom is 0.279 e. The van der Waals surface area contributed by atoms with Gasteiger partial charge in [-0.3, -0.25) is 4.79 Å². The van der Waals surface area contributed by atoms with Crippen LogP contribution in [0.5, 0.6) is 5.75 Å². The van der Waals surface area contributed by atoms with E-state index in [1.54, 1.807) is 7.11 Å². The summed E-state index contributed by atoms with van der Waals surface area (Å²) in [4.78, 5) is 15.0. The SMILES string of the molecule is COc1cccc(NC(=O)C[NH+]2CC[NH+](Cc3ccc(F)cc3)CC2)c1. The number of hydrogen-bond acceptors (Lipinski definition) is 2. The average molecular weight is 359 g/mol. The predicted octanol–water partition coefficient (Wildman–Crippen LogP) is -0.244. The molecule has 6 heteroatoms. The van der Waals surface area contributed by atoms with Crippen LogP contribution in [-0.4, -0.2) is 45.7 Å². The second-order valence-corrected chi connectivity index (χ2v) is 6.76. The lowest BCUT2D eigenvalue weighted by Crippen LogP contribution is -3.28. The van der Waals surface area contributed by atoms with Crippen LogP contribution >= 0.6 is 0 Å². The van der Waals surface area contributed by atoms with Crippen LogP contribution in [0.1, 0.15) is 5.56 Å². The first-order chi connectivity index (χ1) is 12.6. The summed E-state index contributed by atoms with van der Waals surface area (Å²) >= 11 is 0. The van der Waals surface area contributed by atoms with Gasteiger partial charge < -0.3 is 19.9 Å². The molecular weight excluding hydrogens is 333 g/mol. The summed E-state index contributed by atoms with van der Waals surface area (Å²) < 4.78 is 18.2. The van der Waals surface area contributed by atoms with E-state index in [9.17, 15) is 9.18 Å². The van der Waals surface area contributed by atoms with Crippen molar-refractivity contribution >= 4 is 11.6 Å². The molecule has 5 nitrogen and oxygen atoms in total. The minimum atomic E-state index is -0.194. The van der Waals surface area contributed by atoms with Crippen LogP contribution in [0.2, 0.25) is 0 Å². The molecule has 1 amide bonds. The largest absolute Gasteiger partial charge is 0.497 e. The Balaban J connectivity index is 1.43. The number of carbonyl (C=O) groups excluding carboxylic acids is 1. The molecule has 0 atom stereocenters. The lowest BCUT2D eigenvalue weighted by Gasteiger charge is -2.29. The topological polar surface area (TPSA) is 47.2 Å². The van der Waals surface area contributed by atoms with Gasteiger partial charge in [0.2, 0.25) is 0 Å². The lowest BCUT2D eigenvalue weighted by atomic mass is 10.2. The monoisotopic (exact) mass is 359 g/mol. The molecule has 3 rings (SSSR count). The van der Waals surface area contributed by atoms with E-state index in [1.807, 2.05) is 36.4 Å². The number of quaternary nitrogens is 2. The fourth-order valence-electron chi connectivity index (χ4n) is 3.33. The molecule has 0 aliphatic carbocycles. The van der Waals surface area contributed by atoms with Crippen molar-refractivity contribution in [3.63, 3.8) is 0 Å². The second kappa shape index (κ2) is 8.78. The Labute approximate surface area is 153 Å². The summed E-state index contributed by atoms with van der Waals surface area (Å²) in [5, 5.41) is 2.94. The van der Waals surface area contributed by atoms with E-state index in [0.29, 0.717) is 6.54 Å². The van der Waals surface area contributed by atoms with Gasteiger partial charge in [0.15, 0.2) is 6.54 Å². The minimum absolute atomic E-state index is 0.0234. The summed E-state index contributed by atoms with van der Waals surface area (Å²) in [6.45, 7) is 5.33. The van der Waals surface area contributed by atoms with Crippen LogP contribution < -0.4 is 19.9 Å². The third-order valence-electron chi connectivity index (χ3n) is 4.80. The Hall–Kier alpha value is -2.44. The quantitative estimate of drug-likeness (QED) is 0.667. The van der Waals surface area contributed by atoms with Crippen molar-refractivity contribution < 1.29 is 23.7 Å². The van der Waals surface area contributed by atoms with E-state index in [2.05, 4.69) is 5.32 Å². The molecule has 2 aromatic carbocycles. The van der Waals surface area contributed by atoms with E-state index in [-0.39, 0.29) is 11.7 Å². The van der Waals surface area contributed by atoms with Crippen LogP contribution in [0.3, 0.4) is 0 Å². The fraction of sp³-hybridized carbons (Fsp3) is 0.350. The number of anilines is 1. The first kappa shape index (κ1) is 18.4. The smallest absolute Gasteiger partial charge is 0.279 e. The average Bonchev–Trinajstić information content (AvgIpc) is 2.65. The summed E-state index contributed by atoms with van der Waals surface area (Å²) in [7, 11) is 1.61. The molecule has 0 aromatic heterocycles. The van der Waals surface area contributed by atoms with Gasteiger partial charge in [-0.1, -0.05) is 18.2 Å². The zero-order valence-electron chi connectivity index (χ0n) is 15.1. The van der Waals surface area contributed by atoms with Gasteiger partial charge in [0.1, 0.15) is 44.3 Å². The number of nitrogens with one attached hydrogen (secondary N) is 3. The fourth-order valence-corrected chi connectivity index (χ4v) is 3.33. The highest BCUT2D eigenvalue weighted by Crippen LogP contribution is 2.16. The van der Waals surface area contributed by atoms with Gasteiger partial charge in [-0.2, -0.15) is 0 Å². The molecule has 2 aromatic rings. The molecule has 0 bridgehead atoms. The molecule has 138 valence electrons. The summed E-state index contributed by atoms with van der Waals surface area (Å²) in [6, 6.07) is 14.1. The van der Waals surface area contributed by atoms with E-state index < -0.39 is 0 Å². The molecular formula is C20H26FN3O2+2. The van der Waals surface area contributed by atoms with Gasteiger partial charge in [0, 0.05) is 17.3 Å². The summed E-state index contributed by atoms with van der Waals surface area (Å²) in [5.74, 6) is 0.559. The van der Waals surface area contributed by atoms with Gasteiger partial charge in [-0.05, 0) is 24.3 Å². The highest BCUT2D eigenvalue weighted by Gasteiger charge is 2.24. The first-order valence-electron chi connectivity index (χ1n) is 8.98. The van der Waals surface area contributed by atoms with Crippen molar-refractivity contribution in [3.8, 4) is 5.75 Å². The molecule has 1 aliphatic rings. The maximum atomic E-state index is 13.0. The van der Waals surface area contributed by atoms with Crippen molar-refractivity contribution in [2.45, 2.75) is 6.54 Å². The van der Waals surface area contributed by atoms with Gasteiger partial charge in [-0.25, -0.2) is 4.39 Å². The van der Waals surface area contributed by atoms with E-state index >= 15 is 0 Å².